The molecular weight excluding hydrogens is 328 g/mol. The van der Waals surface area contributed by atoms with Gasteiger partial charge in [-0.25, -0.2) is 8.78 Å². The molecule has 1 aromatic carbocycles. The van der Waals surface area contributed by atoms with Crippen LogP contribution in [0, 0.1) is 11.8 Å². The molecule has 0 aromatic heterocycles. The Labute approximate surface area is 138 Å². The number of carbonyl (C=O) groups excluding carboxylic acids is 2. The fourth-order valence-electron chi connectivity index (χ4n) is 2.79. The normalized spacial score (nSPS) is 20.8. The molecule has 2 rings (SSSR count). The maximum atomic E-state index is 13.1. The number of nitrogens with zero attached hydrogens (tertiary/aromatic N) is 1. The summed E-state index contributed by atoms with van der Waals surface area (Å²) in [4.78, 5) is 25.2. The number of amides is 1. The van der Waals surface area contributed by atoms with Crippen molar-refractivity contribution < 1.29 is 23.1 Å². The van der Waals surface area contributed by atoms with Crippen LogP contribution in [0.2, 0.25) is 5.02 Å². The number of esters is 1. The van der Waals surface area contributed by atoms with E-state index in [9.17, 15) is 18.4 Å². The number of benzene rings is 1. The molecule has 1 aromatic rings. The lowest BCUT2D eigenvalue weighted by molar-refractivity contribution is -0.148. The van der Waals surface area contributed by atoms with Crippen LogP contribution < -0.4 is 0 Å². The maximum Gasteiger partial charge on any atom is 0.311 e. The molecule has 0 bridgehead atoms. The predicted molar refractivity (Wildman–Crippen MR) is 81.4 cm³/mol. The molecule has 126 valence electrons. The van der Waals surface area contributed by atoms with E-state index in [-0.39, 0.29) is 25.4 Å². The third-order valence-electron chi connectivity index (χ3n) is 4.06. The summed E-state index contributed by atoms with van der Waals surface area (Å²) in [6, 6.07) is 7.14. The van der Waals surface area contributed by atoms with Gasteiger partial charge in [0.1, 0.15) is 0 Å². The molecule has 0 spiro atoms. The van der Waals surface area contributed by atoms with Crippen molar-refractivity contribution in [2.24, 2.45) is 11.8 Å². The summed E-state index contributed by atoms with van der Waals surface area (Å²) >= 11 is 5.88. The van der Waals surface area contributed by atoms with Gasteiger partial charge in [-0.05, 0) is 24.1 Å². The zero-order valence-electron chi connectivity index (χ0n) is 12.7. The first-order chi connectivity index (χ1) is 10.9. The van der Waals surface area contributed by atoms with Crippen molar-refractivity contribution >= 4 is 23.5 Å². The van der Waals surface area contributed by atoms with Crippen LogP contribution in [0.25, 0.3) is 0 Å². The van der Waals surface area contributed by atoms with Gasteiger partial charge in [-0.15, -0.1) is 0 Å². The molecule has 7 heteroatoms. The van der Waals surface area contributed by atoms with Gasteiger partial charge in [-0.1, -0.05) is 23.7 Å². The SMILES string of the molecule is COC(=O)[C@@H]1CN(C(=O)CCc2cccc(Cl)c2)C[C@H]1C(F)F. The van der Waals surface area contributed by atoms with Crippen molar-refractivity contribution in [3.63, 3.8) is 0 Å². The zero-order valence-corrected chi connectivity index (χ0v) is 13.4. The molecule has 1 fully saturated rings. The molecule has 0 unspecified atom stereocenters. The Bertz CT molecular complexity index is 582. The van der Waals surface area contributed by atoms with E-state index in [2.05, 4.69) is 4.74 Å². The van der Waals surface area contributed by atoms with Gasteiger partial charge in [-0.3, -0.25) is 9.59 Å². The van der Waals surface area contributed by atoms with Gasteiger partial charge in [0.15, 0.2) is 0 Å². The highest BCUT2D eigenvalue weighted by Crippen LogP contribution is 2.30. The van der Waals surface area contributed by atoms with Crippen molar-refractivity contribution in [3.8, 4) is 0 Å². The topological polar surface area (TPSA) is 46.6 Å². The standard InChI is InChI=1S/C16H18ClF2NO3/c1-23-16(22)13-9-20(8-12(13)15(18)19)14(21)6-5-10-3-2-4-11(17)7-10/h2-4,7,12-13,15H,5-6,8-9H2,1H3/t12-,13-/m1/s1. The molecule has 0 N–H and O–H groups in total. The summed E-state index contributed by atoms with van der Waals surface area (Å²) in [7, 11) is 1.16. The van der Waals surface area contributed by atoms with E-state index in [0.717, 1.165) is 12.7 Å². The number of likely N-dealkylation sites (tertiary alicyclic amines) is 1. The Balaban J connectivity index is 1.96. The van der Waals surface area contributed by atoms with Crippen molar-refractivity contribution in [1.82, 2.24) is 4.90 Å². The molecule has 1 aliphatic rings. The maximum absolute atomic E-state index is 13.1. The number of carbonyl (C=O) groups is 2. The van der Waals surface area contributed by atoms with Crippen LogP contribution in [0.4, 0.5) is 8.78 Å². The number of methoxy groups -OCH3 is 1. The Morgan fingerprint density at radius 3 is 2.74 bits per heavy atom. The molecule has 0 saturated carbocycles. The molecule has 2 atom stereocenters. The van der Waals surface area contributed by atoms with Gasteiger partial charge in [0, 0.05) is 24.5 Å². The number of alkyl halides is 2. The van der Waals surface area contributed by atoms with Gasteiger partial charge in [0.2, 0.25) is 12.3 Å². The van der Waals surface area contributed by atoms with E-state index in [0.29, 0.717) is 11.4 Å². The lowest BCUT2D eigenvalue weighted by Gasteiger charge is -2.16. The van der Waals surface area contributed by atoms with Crippen LogP contribution in [0.3, 0.4) is 0 Å². The van der Waals surface area contributed by atoms with E-state index < -0.39 is 24.2 Å². The van der Waals surface area contributed by atoms with Crippen molar-refractivity contribution in [3.05, 3.63) is 34.9 Å². The monoisotopic (exact) mass is 345 g/mol. The number of rotatable bonds is 5. The summed E-state index contributed by atoms with van der Waals surface area (Å²) in [5.41, 5.74) is 0.903. The Morgan fingerprint density at radius 1 is 1.39 bits per heavy atom. The van der Waals surface area contributed by atoms with Crippen LogP contribution in [-0.4, -0.2) is 43.4 Å². The average Bonchev–Trinajstić information content (AvgIpc) is 2.97. The highest BCUT2D eigenvalue weighted by atomic mass is 35.5. The first-order valence-electron chi connectivity index (χ1n) is 7.30. The summed E-state index contributed by atoms with van der Waals surface area (Å²) < 4.78 is 30.7. The molecule has 1 heterocycles. The number of ether oxygens (including phenoxy) is 1. The summed E-state index contributed by atoms with van der Waals surface area (Å²) in [5, 5.41) is 0.583. The van der Waals surface area contributed by atoms with E-state index in [1.807, 2.05) is 6.07 Å². The molecular formula is C16H18ClF2NO3. The lowest BCUT2D eigenvalue weighted by Crippen LogP contribution is -2.30. The third kappa shape index (κ3) is 4.41. The van der Waals surface area contributed by atoms with Gasteiger partial charge in [-0.2, -0.15) is 0 Å². The van der Waals surface area contributed by atoms with Crippen LogP contribution >= 0.6 is 11.6 Å². The number of hydrogen-bond donors (Lipinski definition) is 0. The molecule has 1 aliphatic heterocycles. The van der Waals surface area contributed by atoms with Gasteiger partial charge in [0.05, 0.1) is 18.9 Å². The second kappa shape index (κ2) is 7.73. The number of halogens is 3. The number of aryl methyl sites for hydroxylation is 1. The van der Waals surface area contributed by atoms with E-state index in [4.69, 9.17) is 11.6 Å². The van der Waals surface area contributed by atoms with Crippen molar-refractivity contribution in [1.29, 1.82) is 0 Å². The van der Waals surface area contributed by atoms with Gasteiger partial charge < -0.3 is 9.64 Å². The average molecular weight is 346 g/mol. The van der Waals surface area contributed by atoms with Crippen LogP contribution in [-0.2, 0) is 20.7 Å². The number of hydrogen-bond acceptors (Lipinski definition) is 3. The summed E-state index contributed by atoms with van der Waals surface area (Å²) in [6.07, 6.45) is -2.01. The van der Waals surface area contributed by atoms with Gasteiger partial charge in [0.25, 0.3) is 0 Å². The highest BCUT2D eigenvalue weighted by Gasteiger charge is 2.44. The first kappa shape index (κ1) is 17.7. The van der Waals surface area contributed by atoms with E-state index >= 15 is 0 Å². The minimum absolute atomic E-state index is 0.0178. The largest absolute Gasteiger partial charge is 0.469 e. The smallest absolute Gasteiger partial charge is 0.311 e. The van der Waals surface area contributed by atoms with E-state index in [1.165, 1.54) is 4.90 Å². The molecule has 23 heavy (non-hydrogen) atoms. The predicted octanol–water partition coefficient (Wildman–Crippen LogP) is 2.79. The van der Waals surface area contributed by atoms with Crippen LogP contribution in [0.5, 0.6) is 0 Å². The minimum atomic E-state index is -2.66. The Hall–Kier alpha value is -1.69. The van der Waals surface area contributed by atoms with Crippen molar-refractivity contribution in [2.75, 3.05) is 20.2 Å². The molecule has 1 amide bonds. The van der Waals surface area contributed by atoms with E-state index in [1.54, 1.807) is 18.2 Å². The van der Waals surface area contributed by atoms with Crippen LogP contribution in [0.15, 0.2) is 24.3 Å². The second-order valence-corrected chi connectivity index (χ2v) is 5.99. The summed E-state index contributed by atoms with van der Waals surface area (Å²) in [5.74, 6) is -3.07. The lowest BCUT2D eigenvalue weighted by atomic mass is 9.97. The molecule has 1 saturated heterocycles. The first-order valence-corrected chi connectivity index (χ1v) is 7.68. The zero-order chi connectivity index (χ0) is 17.0. The third-order valence-corrected chi connectivity index (χ3v) is 4.30. The van der Waals surface area contributed by atoms with Crippen molar-refractivity contribution in [2.45, 2.75) is 19.3 Å². The fraction of sp³-hybridized carbons (Fsp3) is 0.500. The molecule has 0 aliphatic carbocycles. The van der Waals surface area contributed by atoms with Crippen LogP contribution in [0.1, 0.15) is 12.0 Å². The molecule has 4 nitrogen and oxygen atoms in total. The molecule has 0 radical (unpaired) electrons. The fourth-order valence-corrected chi connectivity index (χ4v) is 3.00. The Morgan fingerprint density at radius 2 is 2.13 bits per heavy atom. The highest BCUT2D eigenvalue weighted by molar-refractivity contribution is 6.30. The Kier molecular flexibility index (Phi) is 5.93. The second-order valence-electron chi connectivity index (χ2n) is 5.56. The van der Waals surface area contributed by atoms with Gasteiger partial charge >= 0.3 is 5.97 Å². The minimum Gasteiger partial charge on any atom is -0.469 e. The quantitative estimate of drug-likeness (QED) is 0.771. The summed E-state index contributed by atoms with van der Waals surface area (Å²) in [6.45, 7) is -0.137.